The molecule has 0 heterocycles. The van der Waals surface area contributed by atoms with Gasteiger partial charge in [-0.05, 0) is 55.7 Å². The predicted octanol–water partition coefficient (Wildman–Crippen LogP) is 4.40. The highest BCUT2D eigenvalue weighted by Crippen LogP contribution is 2.28. The van der Waals surface area contributed by atoms with E-state index in [9.17, 15) is 18.0 Å². The molecule has 0 aliphatic carbocycles. The predicted molar refractivity (Wildman–Crippen MR) is 138 cm³/mol. The molecule has 0 aromatic heterocycles. The van der Waals surface area contributed by atoms with Gasteiger partial charge in [-0.1, -0.05) is 54.7 Å². The molecule has 1 N–H and O–H groups in total. The van der Waals surface area contributed by atoms with E-state index in [-0.39, 0.29) is 12.5 Å². The monoisotopic (exact) mass is 527 g/mol. The van der Waals surface area contributed by atoms with Crippen molar-refractivity contribution >= 4 is 50.7 Å². The standard InChI is InChI=1S/C24H31Cl2N3O4S/c1-5-6-13-27-24(31)18(3)28(15-19-9-7-10-20(25)14-19)23(30)16-29(34(4,32)33)22-12-8-11-21(26)17(22)2/h7-12,14,18H,5-6,13,15-16H2,1-4H3,(H,27,31). The number of benzene rings is 2. The maximum Gasteiger partial charge on any atom is 0.244 e. The number of anilines is 1. The van der Waals surface area contributed by atoms with Crippen molar-refractivity contribution in [2.75, 3.05) is 23.7 Å². The van der Waals surface area contributed by atoms with Gasteiger partial charge in [0.2, 0.25) is 21.8 Å². The van der Waals surface area contributed by atoms with E-state index in [0.717, 1.165) is 29.0 Å². The van der Waals surface area contributed by atoms with Gasteiger partial charge in [0.25, 0.3) is 0 Å². The third-order valence-corrected chi connectivity index (χ3v) is 7.20. The second kappa shape index (κ2) is 12.4. The molecule has 0 fully saturated rings. The Morgan fingerprint density at radius 3 is 2.41 bits per heavy atom. The molecule has 1 atom stereocenters. The molecule has 0 radical (unpaired) electrons. The molecule has 2 amide bonds. The number of rotatable bonds is 11. The van der Waals surface area contributed by atoms with Crippen LogP contribution in [0, 0.1) is 6.92 Å². The summed E-state index contributed by atoms with van der Waals surface area (Å²) in [5.74, 6) is -0.836. The van der Waals surface area contributed by atoms with Crippen LogP contribution in [0.1, 0.15) is 37.8 Å². The third-order valence-electron chi connectivity index (χ3n) is 5.43. The number of nitrogens with one attached hydrogen (secondary N) is 1. The number of unbranched alkanes of at least 4 members (excludes halogenated alkanes) is 1. The number of carbonyl (C=O) groups is 2. The molecule has 7 nitrogen and oxygen atoms in total. The van der Waals surface area contributed by atoms with E-state index < -0.39 is 28.5 Å². The lowest BCUT2D eigenvalue weighted by atomic mass is 10.1. The molecule has 0 spiro atoms. The first-order valence-corrected chi connectivity index (χ1v) is 13.6. The van der Waals surface area contributed by atoms with Gasteiger partial charge in [0.1, 0.15) is 12.6 Å². The first-order chi connectivity index (χ1) is 16.0. The minimum Gasteiger partial charge on any atom is -0.354 e. The summed E-state index contributed by atoms with van der Waals surface area (Å²) in [6.07, 6.45) is 2.77. The van der Waals surface area contributed by atoms with Crippen LogP contribution >= 0.6 is 23.2 Å². The van der Waals surface area contributed by atoms with E-state index in [4.69, 9.17) is 23.2 Å². The third kappa shape index (κ3) is 7.61. The van der Waals surface area contributed by atoms with E-state index in [1.54, 1.807) is 56.3 Å². The molecule has 0 aliphatic rings. The first-order valence-electron chi connectivity index (χ1n) is 11.0. The summed E-state index contributed by atoms with van der Waals surface area (Å²) in [6, 6.07) is 11.0. The summed E-state index contributed by atoms with van der Waals surface area (Å²) >= 11 is 12.3. The van der Waals surface area contributed by atoms with E-state index in [1.165, 1.54) is 4.90 Å². The number of hydrogen-bond acceptors (Lipinski definition) is 4. The molecule has 186 valence electrons. The van der Waals surface area contributed by atoms with Crippen molar-refractivity contribution in [1.82, 2.24) is 10.2 Å². The minimum absolute atomic E-state index is 0.0912. The first kappa shape index (κ1) is 28.0. The Morgan fingerprint density at radius 2 is 1.79 bits per heavy atom. The van der Waals surface area contributed by atoms with Crippen LogP contribution in [0.3, 0.4) is 0 Å². The lowest BCUT2D eigenvalue weighted by Gasteiger charge is -2.32. The van der Waals surface area contributed by atoms with Gasteiger partial charge in [0.15, 0.2) is 0 Å². The Bertz CT molecular complexity index is 1120. The zero-order valence-electron chi connectivity index (χ0n) is 19.8. The topological polar surface area (TPSA) is 86.8 Å². The molecule has 1 unspecified atom stereocenters. The molecule has 34 heavy (non-hydrogen) atoms. The molecule has 0 saturated heterocycles. The number of halogens is 2. The largest absolute Gasteiger partial charge is 0.354 e. The molecule has 0 bridgehead atoms. The molecular weight excluding hydrogens is 497 g/mol. The van der Waals surface area contributed by atoms with Gasteiger partial charge >= 0.3 is 0 Å². The van der Waals surface area contributed by atoms with Crippen LogP contribution < -0.4 is 9.62 Å². The molecule has 0 aliphatic heterocycles. The van der Waals surface area contributed by atoms with Crippen LogP contribution in [0.2, 0.25) is 10.0 Å². The summed E-state index contributed by atoms with van der Waals surface area (Å²) in [7, 11) is -3.82. The van der Waals surface area contributed by atoms with Gasteiger partial charge < -0.3 is 10.2 Å². The molecule has 10 heteroatoms. The van der Waals surface area contributed by atoms with Crippen molar-refractivity contribution in [3.05, 3.63) is 63.6 Å². The van der Waals surface area contributed by atoms with Crippen molar-refractivity contribution in [2.24, 2.45) is 0 Å². The summed E-state index contributed by atoms with van der Waals surface area (Å²) in [5, 5.41) is 3.72. The SMILES string of the molecule is CCCCNC(=O)C(C)N(Cc1cccc(Cl)c1)C(=O)CN(c1cccc(Cl)c1C)S(C)(=O)=O. The average molecular weight is 529 g/mol. The zero-order chi connectivity index (χ0) is 25.5. The molecule has 2 rings (SSSR count). The fourth-order valence-corrected chi connectivity index (χ4v) is 4.69. The lowest BCUT2D eigenvalue weighted by molar-refractivity contribution is -0.139. The normalized spacial score (nSPS) is 12.2. The van der Waals surface area contributed by atoms with Crippen molar-refractivity contribution in [3.8, 4) is 0 Å². The number of carbonyl (C=O) groups excluding carboxylic acids is 2. The van der Waals surface area contributed by atoms with Gasteiger partial charge in [-0.25, -0.2) is 8.42 Å². The van der Waals surface area contributed by atoms with E-state index in [2.05, 4.69) is 5.32 Å². The average Bonchev–Trinajstić information content (AvgIpc) is 2.76. The van der Waals surface area contributed by atoms with Gasteiger partial charge in [-0.2, -0.15) is 0 Å². The van der Waals surface area contributed by atoms with Crippen LogP contribution in [0.5, 0.6) is 0 Å². The minimum atomic E-state index is -3.82. The number of hydrogen-bond donors (Lipinski definition) is 1. The maximum atomic E-state index is 13.5. The molecular formula is C24H31Cl2N3O4S. The van der Waals surface area contributed by atoms with Crippen LogP contribution in [-0.2, 0) is 26.2 Å². The Hall–Kier alpha value is -2.29. The maximum absolute atomic E-state index is 13.5. The number of sulfonamides is 1. The van der Waals surface area contributed by atoms with E-state index in [1.807, 2.05) is 6.92 Å². The van der Waals surface area contributed by atoms with Crippen molar-refractivity contribution in [3.63, 3.8) is 0 Å². The quantitative estimate of drug-likeness (QED) is 0.438. The Labute approximate surface area is 212 Å². The fraction of sp³-hybridized carbons (Fsp3) is 0.417. The Balaban J connectivity index is 2.39. The Kier molecular flexibility index (Phi) is 10.2. The fourth-order valence-electron chi connectivity index (χ4n) is 3.41. The number of nitrogens with zero attached hydrogens (tertiary/aromatic N) is 2. The van der Waals surface area contributed by atoms with Crippen LogP contribution in [0.4, 0.5) is 5.69 Å². The lowest BCUT2D eigenvalue weighted by Crippen LogP contribution is -2.51. The molecule has 0 saturated carbocycles. The summed E-state index contributed by atoms with van der Waals surface area (Å²) in [6.45, 7) is 5.44. The van der Waals surface area contributed by atoms with Gasteiger partial charge in [-0.3, -0.25) is 13.9 Å². The van der Waals surface area contributed by atoms with Gasteiger partial charge in [-0.15, -0.1) is 0 Å². The summed E-state index contributed by atoms with van der Waals surface area (Å²) in [5.41, 5.74) is 1.57. The molecule has 2 aromatic rings. The van der Waals surface area contributed by atoms with Crippen LogP contribution in [-0.4, -0.2) is 50.5 Å². The second-order valence-electron chi connectivity index (χ2n) is 8.13. The highest BCUT2D eigenvalue weighted by molar-refractivity contribution is 7.92. The van der Waals surface area contributed by atoms with Crippen molar-refractivity contribution in [2.45, 2.75) is 46.2 Å². The van der Waals surface area contributed by atoms with Crippen LogP contribution in [0.15, 0.2) is 42.5 Å². The van der Waals surface area contributed by atoms with Gasteiger partial charge in [0, 0.05) is 23.1 Å². The highest BCUT2D eigenvalue weighted by atomic mass is 35.5. The smallest absolute Gasteiger partial charge is 0.244 e. The zero-order valence-corrected chi connectivity index (χ0v) is 22.2. The Morgan fingerprint density at radius 1 is 1.12 bits per heavy atom. The van der Waals surface area contributed by atoms with Crippen molar-refractivity contribution < 1.29 is 18.0 Å². The molecule has 2 aromatic carbocycles. The van der Waals surface area contributed by atoms with Crippen LogP contribution in [0.25, 0.3) is 0 Å². The van der Waals surface area contributed by atoms with Crippen molar-refractivity contribution in [1.29, 1.82) is 0 Å². The number of amides is 2. The summed E-state index contributed by atoms with van der Waals surface area (Å²) < 4.78 is 26.3. The van der Waals surface area contributed by atoms with E-state index >= 15 is 0 Å². The summed E-state index contributed by atoms with van der Waals surface area (Å²) in [4.78, 5) is 27.7. The second-order valence-corrected chi connectivity index (χ2v) is 10.9. The van der Waals surface area contributed by atoms with E-state index in [0.29, 0.717) is 27.8 Å². The highest BCUT2D eigenvalue weighted by Gasteiger charge is 2.30. The van der Waals surface area contributed by atoms with Gasteiger partial charge in [0.05, 0.1) is 11.9 Å².